The van der Waals surface area contributed by atoms with Crippen LogP contribution in [0.25, 0.3) is 0 Å². The molecule has 0 N–H and O–H groups in total. The topological polar surface area (TPSA) is 0 Å². The van der Waals surface area contributed by atoms with Gasteiger partial charge in [0.25, 0.3) is 0 Å². The van der Waals surface area contributed by atoms with Crippen molar-refractivity contribution in [3.8, 4) is 0 Å². The maximum absolute atomic E-state index is 2.32. The van der Waals surface area contributed by atoms with Gasteiger partial charge in [-0.3, -0.25) is 0 Å². The number of allylic oxidation sites excluding steroid dienone is 1. The van der Waals surface area contributed by atoms with Gasteiger partial charge in [0, 0.05) is 0 Å². The molecule has 0 saturated carbocycles. The van der Waals surface area contributed by atoms with Crippen molar-refractivity contribution in [3.05, 3.63) is 9.71 Å². The second kappa shape index (κ2) is 8.66. The molecule has 0 atom stereocenters. The van der Waals surface area contributed by atoms with Crippen LogP contribution in [0.5, 0.6) is 0 Å². The Labute approximate surface area is 74.4 Å². The third kappa shape index (κ3) is 8.66. The summed E-state index contributed by atoms with van der Waals surface area (Å²) in [5.74, 6) is 0. The molecule has 0 fully saturated rings. The summed E-state index contributed by atoms with van der Waals surface area (Å²) in [5, 5.41) is 0. The molecule has 52 valence electrons. The van der Waals surface area contributed by atoms with Crippen LogP contribution in [-0.4, -0.2) is 25.8 Å². The van der Waals surface area contributed by atoms with Gasteiger partial charge in [-0.05, 0) is 0 Å². The first-order chi connectivity index (χ1) is 4.41. The summed E-state index contributed by atoms with van der Waals surface area (Å²) >= 11 is 1.06. The molecule has 1 heteroatoms. The van der Waals surface area contributed by atoms with Crippen molar-refractivity contribution >= 4 is 25.8 Å². The van der Waals surface area contributed by atoms with E-state index in [1.165, 1.54) is 32.1 Å². The standard InChI is InChI=1S/C8H15.Pb.H/c1-3-5-7-8-6-4-2;;/h1,3H,4-8H2,2H3;;. The van der Waals surface area contributed by atoms with Gasteiger partial charge in [0.2, 0.25) is 0 Å². The molecule has 0 aromatic heterocycles. The number of hydrogen-bond donors (Lipinski definition) is 0. The summed E-state index contributed by atoms with van der Waals surface area (Å²) < 4.78 is 2.30. The molecule has 0 aromatic carbocycles. The van der Waals surface area contributed by atoms with Gasteiger partial charge in [-0.1, -0.05) is 0 Å². The second-order valence-corrected chi connectivity index (χ2v) is 3.77. The predicted octanol–water partition coefficient (Wildman–Crippen LogP) is 2.37. The molecule has 9 heavy (non-hydrogen) atoms. The fraction of sp³-hybridized carbons (Fsp3) is 0.750. The van der Waals surface area contributed by atoms with E-state index in [0.717, 1.165) is 25.8 Å². The monoisotopic (exact) mass is 320 g/mol. The van der Waals surface area contributed by atoms with Gasteiger partial charge in [0.1, 0.15) is 0 Å². The molecule has 0 aromatic rings. The van der Waals surface area contributed by atoms with E-state index >= 15 is 0 Å². The molecule has 0 amide bonds. The van der Waals surface area contributed by atoms with Gasteiger partial charge in [0.15, 0.2) is 0 Å². The van der Waals surface area contributed by atoms with Gasteiger partial charge >= 0.3 is 74.5 Å². The zero-order valence-electron chi connectivity index (χ0n) is 6.27. The van der Waals surface area contributed by atoms with Crippen molar-refractivity contribution in [2.24, 2.45) is 0 Å². The van der Waals surface area contributed by atoms with E-state index in [0.29, 0.717) is 0 Å². The normalized spacial score (nSPS) is 10.9. The molecule has 0 aliphatic heterocycles. The molecule has 0 aliphatic rings. The van der Waals surface area contributed by atoms with Crippen molar-refractivity contribution < 1.29 is 0 Å². The average molecular weight is 319 g/mol. The van der Waals surface area contributed by atoms with Crippen LogP contribution in [0.15, 0.2) is 9.71 Å². The maximum atomic E-state index is 2.32. The van der Waals surface area contributed by atoms with Crippen molar-refractivity contribution in [1.29, 1.82) is 0 Å². The molecule has 0 unspecified atom stereocenters. The van der Waals surface area contributed by atoms with Crippen molar-refractivity contribution in [1.82, 2.24) is 0 Å². The molecule has 0 spiro atoms. The Morgan fingerprint density at radius 1 is 1.22 bits per heavy atom. The fourth-order valence-corrected chi connectivity index (χ4v) is 1.53. The third-order valence-corrected chi connectivity index (χ3v) is 2.42. The quantitative estimate of drug-likeness (QED) is 0.539. The van der Waals surface area contributed by atoms with Gasteiger partial charge in [0.05, 0.1) is 0 Å². The first-order valence-electron chi connectivity index (χ1n) is 3.78. The minimum absolute atomic E-state index is 1.06. The molecular formula is C8H16Pb. The summed E-state index contributed by atoms with van der Waals surface area (Å²) in [4.78, 5) is 0. The Hall–Kier alpha value is 0.662. The Balaban J connectivity index is 2.75. The van der Waals surface area contributed by atoms with E-state index in [9.17, 15) is 0 Å². The van der Waals surface area contributed by atoms with E-state index in [2.05, 4.69) is 16.6 Å². The summed E-state index contributed by atoms with van der Waals surface area (Å²) in [6.07, 6.45) is 9.23. The number of unbranched alkanes of at least 4 members (excludes halogenated alkanes) is 4. The number of hydrogen-bond acceptors (Lipinski definition) is 0. The molecule has 0 aliphatic carbocycles. The molecule has 0 saturated heterocycles. The predicted molar refractivity (Wildman–Crippen MR) is 45.0 cm³/mol. The fourth-order valence-electron chi connectivity index (χ4n) is 0.785. The van der Waals surface area contributed by atoms with Gasteiger partial charge in [-0.15, -0.1) is 0 Å². The Morgan fingerprint density at radius 3 is 2.56 bits per heavy atom. The third-order valence-electron chi connectivity index (χ3n) is 1.36. The van der Waals surface area contributed by atoms with Crippen LogP contribution >= 0.6 is 0 Å². The molecule has 0 heterocycles. The van der Waals surface area contributed by atoms with Crippen LogP contribution in [0.2, 0.25) is 0 Å². The second-order valence-electron chi connectivity index (χ2n) is 2.28. The molecule has 0 rings (SSSR count). The van der Waals surface area contributed by atoms with E-state index in [4.69, 9.17) is 0 Å². The number of rotatable bonds is 5. The van der Waals surface area contributed by atoms with Crippen molar-refractivity contribution in [2.75, 3.05) is 0 Å². The van der Waals surface area contributed by atoms with Crippen LogP contribution in [0.3, 0.4) is 0 Å². The van der Waals surface area contributed by atoms with Crippen LogP contribution in [0.1, 0.15) is 39.0 Å². The SMILES string of the molecule is CCCCCCC=[CH][PbH]. The van der Waals surface area contributed by atoms with Crippen LogP contribution in [0.4, 0.5) is 0 Å². The summed E-state index contributed by atoms with van der Waals surface area (Å²) in [6, 6.07) is 0. The van der Waals surface area contributed by atoms with Gasteiger partial charge < -0.3 is 0 Å². The van der Waals surface area contributed by atoms with Crippen molar-refractivity contribution in [3.63, 3.8) is 0 Å². The van der Waals surface area contributed by atoms with Crippen LogP contribution < -0.4 is 0 Å². The van der Waals surface area contributed by atoms with Crippen LogP contribution in [-0.2, 0) is 0 Å². The van der Waals surface area contributed by atoms with Crippen molar-refractivity contribution in [2.45, 2.75) is 39.0 Å². The molecule has 2 radical (unpaired) electrons. The molecule has 0 bridgehead atoms. The zero-order chi connectivity index (χ0) is 6.95. The summed E-state index contributed by atoms with van der Waals surface area (Å²) in [5.41, 5.74) is 0. The minimum atomic E-state index is 1.06. The van der Waals surface area contributed by atoms with E-state index in [1.807, 2.05) is 0 Å². The van der Waals surface area contributed by atoms with E-state index < -0.39 is 0 Å². The zero-order valence-corrected chi connectivity index (χ0v) is 10.8. The van der Waals surface area contributed by atoms with E-state index in [1.54, 1.807) is 0 Å². The van der Waals surface area contributed by atoms with Gasteiger partial charge in [-0.2, -0.15) is 0 Å². The van der Waals surface area contributed by atoms with Gasteiger partial charge in [-0.25, -0.2) is 0 Å². The summed E-state index contributed by atoms with van der Waals surface area (Å²) in [6.45, 7) is 2.25. The average Bonchev–Trinajstić information content (AvgIpc) is 1.89. The molecular weight excluding hydrogens is 303 g/mol. The Kier molecular flexibility index (Phi) is 9.30. The first kappa shape index (κ1) is 9.66. The molecule has 0 nitrogen and oxygen atoms in total. The Morgan fingerprint density at radius 2 is 2.00 bits per heavy atom. The summed E-state index contributed by atoms with van der Waals surface area (Å²) in [7, 11) is 0. The Bertz CT molecular complexity index is 67.0. The van der Waals surface area contributed by atoms with E-state index in [-0.39, 0.29) is 0 Å². The van der Waals surface area contributed by atoms with Crippen LogP contribution in [0, 0.1) is 0 Å². The first-order valence-corrected chi connectivity index (χ1v) is 6.37.